The Kier molecular flexibility index (Phi) is 3.29. The Labute approximate surface area is 109 Å². The van der Waals surface area contributed by atoms with E-state index < -0.39 is 23.6 Å². The van der Waals surface area contributed by atoms with Gasteiger partial charge in [0.15, 0.2) is 0 Å². The minimum atomic E-state index is -1.06. The van der Waals surface area contributed by atoms with E-state index in [4.69, 9.17) is 11.0 Å². The number of rotatable bonds is 3. The zero-order chi connectivity index (χ0) is 14.0. The highest BCUT2D eigenvalue weighted by Crippen LogP contribution is 2.21. The summed E-state index contributed by atoms with van der Waals surface area (Å²) in [6, 6.07) is 8.58. The van der Waals surface area contributed by atoms with E-state index in [9.17, 15) is 14.4 Å². The number of nitriles is 1. The van der Waals surface area contributed by atoms with Crippen LogP contribution < -0.4 is 5.73 Å². The predicted molar refractivity (Wildman–Crippen MR) is 64.0 cm³/mol. The van der Waals surface area contributed by atoms with Crippen molar-refractivity contribution in [2.45, 2.75) is 13.0 Å². The summed E-state index contributed by atoms with van der Waals surface area (Å²) in [5.74, 6) is -2.84. The quantitative estimate of drug-likeness (QED) is 0.604. The van der Waals surface area contributed by atoms with Gasteiger partial charge in [0.05, 0.1) is 18.2 Å². The van der Waals surface area contributed by atoms with E-state index in [1.807, 2.05) is 6.07 Å². The van der Waals surface area contributed by atoms with E-state index in [0.29, 0.717) is 11.1 Å². The monoisotopic (exact) mass is 257 g/mol. The van der Waals surface area contributed by atoms with Gasteiger partial charge in [-0.25, -0.2) is 0 Å². The van der Waals surface area contributed by atoms with Crippen LogP contribution in [0.1, 0.15) is 17.5 Å². The summed E-state index contributed by atoms with van der Waals surface area (Å²) in [4.78, 5) is 35.6. The Morgan fingerprint density at radius 1 is 1.47 bits per heavy atom. The van der Waals surface area contributed by atoms with Crippen molar-refractivity contribution in [3.63, 3.8) is 0 Å². The molecule has 1 atom stereocenters. The van der Waals surface area contributed by atoms with Crippen LogP contribution in [-0.4, -0.2) is 22.6 Å². The van der Waals surface area contributed by atoms with Gasteiger partial charge in [0.25, 0.3) is 0 Å². The number of nitrogens with zero attached hydrogens (tertiary/aromatic N) is 2. The molecule has 1 aromatic carbocycles. The van der Waals surface area contributed by atoms with Crippen molar-refractivity contribution in [1.82, 2.24) is 4.90 Å². The molecule has 0 spiro atoms. The molecule has 2 N–H and O–H groups in total. The smallest absolute Gasteiger partial charge is 0.242 e. The molecular weight excluding hydrogens is 246 g/mol. The number of carbonyl (C=O) groups is 3. The van der Waals surface area contributed by atoms with Gasteiger partial charge in [0, 0.05) is 6.42 Å². The van der Waals surface area contributed by atoms with Crippen LogP contribution in [0.3, 0.4) is 0 Å². The minimum Gasteiger partial charge on any atom is -0.369 e. The van der Waals surface area contributed by atoms with Crippen LogP contribution in [0, 0.1) is 17.2 Å². The van der Waals surface area contributed by atoms with Crippen molar-refractivity contribution in [3.8, 4) is 6.07 Å². The van der Waals surface area contributed by atoms with Crippen LogP contribution in [0.4, 0.5) is 0 Å². The molecule has 0 aromatic heterocycles. The molecule has 0 aliphatic carbocycles. The Bertz CT molecular complexity index is 603. The topological polar surface area (TPSA) is 104 Å². The summed E-state index contributed by atoms with van der Waals surface area (Å²) >= 11 is 0. The lowest BCUT2D eigenvalue weighted by molar-refractivity contribution is -0.141. The number of nitrogens with two attached hydrogens (primary N) is 1. The maximum absolute atomic E-state index is 11.9. The Hall–Kier alpha value is -2.68. The fraction of sp³-hybridized carbons (Fsp3) is 0.231. The maximum Gasteiger partial charge on any atom is 0.242 e. The summed E-state index contributed by atoms with van der Waals surface area (Å²) in [5, 5.41) is 8.78. The third-order valence-electron chi connectivity index (χ3n) is 2.98. The van der Waals surface area contributed by atoms with Crippen molar-refractivity contribution in [2.75, 3.05) is 0 Å². The normalized spacial score (nSPS) is 18.5. The molecule has 0 bridgehead atoms. The molecule has 3 amide bonds. The predicted octanol–water partition coefficient (Wildman–Crippen LogP) is -0.0813. The van der Waals surface area contributed by atoms with Gasteiger partial charge in [-0.1, -0.05) is 12.1 Å². The van der Waals surface area contributed by atoms with Crippen molar-refractivity contribution >= 4 is 17.7 Å². The fourth-order valence-electron chi connectivity index (χ4n) is 1.99. The molecule has 19 heavy (non-hydrogen) atoms. The van der Waals surface area contributed by atoms with E-state index in [1.165, 1.54) is 0 Å². The second kappa shape index (κ2) is 4.90. The highest BCUT2D eigenvalue weighted by Gasteiger charge is 2.41. The Morgan fingerprint density at radius 3 is 2.79 bits per heavy atom. The molecular formula is C13H11N3O3. The molecule has 0 saturated carbocycles. The van der Waals surface area contributed by atoms with Crippen LogP contribution in [0.15, 0.2) is 24.3 Å². The van der Waals surface area contributed by atoms with E-state index in [1.54, 1.807) is 24.3 Å². The van der Waals surface area contributed by atoms with Gasteiger partial charge in [-0.15, -0.1) is 0 Å². The molecule has 1 aromatic rings. The van der Waals surface area contributed by atoms with E-state index in [-0.39, 0.29) is 13.0 Å². The zero-order valence-corrected chi connectivity index (χ0v) is 10.00. The summed E-state index contributed by atoms with van der Waals surface area (Å²) in [6.07, 6.45) is -0.174. The summed E-state index contributed by atoms with van der Waals surface area (Å²) in [7, 11) is 0. The van der Waals surface area contributed by atoms with Crippen molar-refractivity contribution < 1.29 is 14.4 Å². The third kappa shape index (κ3) is 2.45. The van der Waals surface area contributed by atoms with Crippen molar-refractivity contribution in [3.05, 3.63) is 35.4 Å². The Morgan fingerprint density at radius 2 is 2.21 bits per heavy atom. The van der Waals surface area contributed by atoms with Gasteiger partial charge < -0.3 is 5.73 Å². The third-order valence-corrected chi connectivity index (χ3v) is 2.98. The summed E-state index contributed by atoms with van der Waals surface area (Å²) in [5.41, 5.74) is 6.18. The number of amides is 3. The van der Waals surface area contributed by atoms with Gasteiger partial charge in [0.1, 0.15) is 5.92 Å². The largest absolute Gasteiger partial charge is 0.369 e. The molecule has 1 aliphatic rings. The van der Waals surface area contributed by atoms with Gasteiger partial charge >= 0.3 is 0 Å². The standard InChI is InChI=1S/C13H11N3O3/c14-6-8-2-1-3-9(4-8)7-16-11(17)5-10(12(15)18)13(16)19/h1-4,10H,5,7H2,(H2,15,18)/t10-/m0/s1. The molecule has 2 rings (SSSR count). The lowest BCUT2D eigenvalue weighted by Crippen LogP contribution is -2.34. The number of benzene rings is 1. The van der Waals surface area contributed by atoms with Gasteiger partial charge in [0.2, 0.25) is 17.7 Å². The van der Waals surface area contributed by atoms with E-state index in [0.717, 1.165) is 4.90 Å². The van der Waals surface area contributed by atoms with E-state index >= 15 is 0 Å². The molecule has 0 unspecified atom stereocenters. The highest BCUT2D eigenvalue weighted by atomic mass is 16.2. The van der Waals surface area contributed by atoms with Gasteiger partial charge in [-0.3, -0.25) is 19.3 Å². The molecule has 6 heteroatoms. The van der Waals surface area contributed by atoms with Crippen LogP contribution in [-0.2, 0) is 20.9 Å². The average molecular weight is 257 g/mol. The van der Waals surface area contributed by atoms with E-state index in [2.05, 4.69) is 0 Å². The second-order valence-electron chi connectivity index (χ2n) is 4.29. The average Bonchev–Trinajstić information content (AvgIpc) is 2.67. The van der Waals surface area contributed by atoms with Crippen LogP contribution in [0.2, 0.25) is 0 Å². The van der Waals surface area contributed by atoms with Gasteiger partial charge in [-0.2, -0.15) is 5.26 Å². The first-order valence-corrected chi connectivity index (χ1v) is 5.65. The number of imide groups is 1. The number of carbonyl (C=O) groups excluding carboxylic acids is 3. The van der Waals surface area contributed by atoms with Gasteiger partial charge in [-0.05, 0) is 17.7 Å². The first-order chi connectivity index (χ1) is 9.02. The molecule has 1 fully saturated rings. The molecule has 0 radical (unpaired) electrons. The van der Waals surface area contributed by atoms with Crippen LogP contribution in [0.25, 0.3) is 0 Å². The number of hydrogen-bond donors (Lipinski definition) is 1. The molecule has 6 nitrogen and oxygen atoms in total. The second-order valence-corrected chi connectivity index (χ2v) is 4.29. The zero-order valence-electron chi connectivity index (χ0n) is 10.00. The highest BCUT2D eigenvalue weighted by molar-refractivity contribution is 6.13. The number of hydrogen-bond acceptors (Lipinski definition) is 4. The molecule has 96 valence electrons. The van der Waals surface area contributed by atoms with Crippen LogP contribution >= 0.6 is 0 Å². The van der Waals surface area contributed by atoms with Crippen molar-refractivity contribution in [1.29, 1.82) is 5.26 Å². The minimum absolute atomic E-state index is 0.0525. The summed E-state index contributed by atoms with van der Waals surface area (Å²) < 4.78 is 0. The number of primary amides is 1. The fourth-order valence-corrected chi connectivity index (χ4v) is 1.99. The Balaban J connectivity index is 2.19. The summed E-state index contributed by atoms with van der Waals surface area (Å²) in [6.45, 7) is 0.0525. The molecule has 1 saturated heterocycles. The number of likely N-dealkylation sites (tertiary alicyclic amines) is 1. The van der Waals surface area contributed by atoms with Crippen molar-refractivity contribution in [2.24, 2.45) is 11.7 Å². The molecule has 1 aliphatic heterocycles. The van der Waals surface area contributed by atoms with Crippen LogP contribution in [0.5, 0.6) is 0 Å². The SMILES string of the molecule is N#Cc1cccc(CN2C(=O)C[C@@H](C(N)=O)C2=O)c1. The lowest BCUT2D eigenvalue weighted by atomic mass is 10.1. The molecule has 1 heterocycles. The first-order valence-electron chi connectivity index (χ1n) is 5.65. The first kappa shape index (κ1) is 12.8. The maximum atomic E-state index is 11.9. The lowest BCUT2D eigenvalue weighted by Gasteiger charge is -2.14.